The topological polar surface area (TPSA) is 185 Å². The Morgan fingerprint density at radius 3 is 2.05 bits per heavy atom. The Balaban J connectivity index is 0.000000147. The summed E-state index contributed by atoms with van der Waals surface area (Å²) in [6.45, 7) is 16.1. The first-order chi connectivity index (χ1) is 27.5. The number of nitrogens with zero attached hydrogens (tertiary/aromatic N) is 7. The van der Waals surface area contributed by atoms with Crippen LogP contribution in [0.25, 0.3) is 21.9 Å². The lowest BCUT2D eigenvalue weighted by atomic mass is 9.96. The number of carbonyl (C=O) groups excluding carboxylic acids is 2. The molecule has 0 radical (unpaired) electrons. The monoisotopic (exact) mass is 776 g/mol. The lowest BCUT2D eigenvalue weighted by Crippen LogP contribution is -2.26. The van der Waals surface area contributed by atoms with E-state index in [4.69, 9.17) is 17.2 Å². The third kappa shape index (κ3) is 8.96. The Kier molecular flexibility index (Phi) is 11.9. The average Bonchev–Trinajstić information content (AvgIpc) is 3.63. The van der Waals surface area contributed by atoms with E-state index in [-0.39, 0.29) is 11.7 Å². The second kappa shape index (κ2) is 16.8. The fourth-order valence-corrected chi connectivity index (χ4v) is 7.34. The van der Waals surface area contributed by atoms with Crippen LogP contribution in [0.3, 0.4) is 0 Å². The Labute approximate surface area is 339 Å². The molecule has 0 fully saturated rings. The number of rotatable bonds is 6. The van der Waals surface area contributed by atoms with Crippen LogP contribution in [-0.4, -0.2) is 41.2 Å². The summed E-state index contributed by atoms with van der Waals surface area (Å²) in [6, 6.07) is 22.6. The van der Waals surface area contributed by atoms with Gasteiger partial charge in [0.1, 0.15) is 22.9 Å². The molecule has 0 aliphatic carbocycles. The van der Waals surface area contributed by atoms with Crippen molar-refractivity contribution in [3.8, 4) is 0 Å². The Bertz CT molecular complexity index is 2680. The van der Waals surface area contributed by atoms with Crippen molar-refractivity contribution in [1.29, 1.82) is 0 Å². The Morgan fingerprint density at radius 2 is 1.40 bits per heavy atom. The van der Waals surface area contributed by atoms with Gasteiger partial charge in [-0.1, -0.05) is 60.2 Å². The minimum atomic E-state index is 0.0830. The van der Waals surface area contributed by atoms with E-state index in [0.29, 0.717) is 37.0 Å². The van der Waals surface area contributed by atoms with Crippen molar-refractivity contribution >= 4 is 56.9 Å². The Hall–Kier alpha value is -6.69. The zero-order chi connectivity index (χ0) is 42.0. The maximum Gasteiger partial charge on any atom is 0.231 e. The summed E-state index contributed by atoms with van der Waals surface area (Å²) in [5.41, 5.74) is 32.9. The SMILES string of the molecule is CC(=O)Cc1ccc(Cc2c(C)nc(N)nc2C)c(C)c1.Cc1ccc(CN2C(=O)Cc3c2cc(C)nc3N)cc1.Cc1ccc2c(c1)nc(N)c1nc(C)n(C)c12. The molecule has 0 unspecified atom stereocenters. The first kappa shape index (κ1) is 41.0. The van der Waals surface area contributed by atoms with Gasteiger partial charge in [0.15, 0.2) is 5.82 Å². The van der Waals surface area contributed by atoms with Gasteiger partial charge in [-0.15, -0.1) is 0 Å². The molecule has 12 heteroatoms. The van der Waals surface area contributed by atoms with Gasteiger partial charge in [-0.05, 0) is 101 Å². The number of carbonyl (C=O) groups is 2. The fraction of sp³-hybridized carbons (Fsp3) is 0.283. The average molecular weight is 777 g/mol. The van der Waals surface area contributed by atoms with Gasteiger partial charge in [-0.3, -0.25) is 9.59 Å². The maximum atomic E-state index is 12.2. The molecular formula is C46H52N10O2. The van der Waals surface area contributed by atoms with E-state index in [1.165, 1.54) is 22.3 Å². The molecule has 0 spiro atoms. The molecule has 1 amide bonds. The summed E-state index contributed by atoms with van der Waals surface area (Å²) >= 11 is 0. The number of aryl methyl sites for hydroxylation is 8. The Morgan fingerprint density at radius 1 is 0.741 bits per heavy atom. The summed E-state index contributed by atoms with van der Waals surface area (Å²) < 4.78 is 2.06. The van der Waals surface area contributed by atoms with Crippen LogP contribution in [0.1, 0.15) is 74.3 Å². The fourth-order valence-electron chi connectivity index (χ4n) is 7.34. The standard InChI is InChI=1S/C17H21N3O.C16H17N3O.C13H14N4/c1-10-7-14(8-11(2)21)5-6-15(10)9-16-12(3)19-17(18)20-13(16)4;1-10-3-5-12(6-4-10)9-19-14-7-11(2)18-16(17)13(14)8-15(19)20;1-7-4-5-9-10(6-7)16-13(14)11-12(9)17(3)8(2)15-11/h5-7H,8-9H2,1-4H3,(H2,18,19,20);3-7H,8-9H2,1-2H3,(H2,17,18);4-6H,1-3H3,(H2,14,16). The van der Waals surface area contributed by atoms with Gasteiger partial charge in [0.25, 0.3) is 0 Å². The largest absolute Gasteiger partial charge is 0.383 e. The molecule has 58 heavy (non-hydrogen) atoms. The number of aromatic nitrogens is 6. The van der Waals surface area contributed by atoms with Gasteiger partial charge in [-0.2, -0.15) is 0 Å². The minimum absolute atomic E-state index is 0.0830. The number of benzene rings is 3. The van der Waals surface area contributed by atoms with E-state index in [2.05, 4.69) is 98.8 Å². The molecule has 3 aromatic carbocycles. The first-order valence-electron chi connectivity index (χ1n) is 19.3. The summed E-state index contributed by atoms with van der Waals surface area (Å²) in [5, 5.41) is 1.10. The van der Waals surface area contributed by atoms with Crippen LogP contribution in [0.5, 0.6) is 0 Å². The molecule has 6 N–H and O–H groups in total. The van der Waals surface area contributed by atoms with Crippen molar-refractivity contribution in [2.24, 2.45) is 7.05 Å². The third-order valence-electron chi connectivity index (χ3n) is 10.5. The van der Waals surface area contributed by atoms with E-state index in [1.807, 2.05) is 52.9 Å². The highest BCUT2D eigenvalue weighted by Gasteiger charge is 2.30. The highest BCUT2D eigenvalue weighted by molar-refractivity contribution is 6.06. The van der Waals surface area contributed by atoms with Gasteiger partial charge >= 0.3 is 0 Å². The van der Waals surface area contributed by atoms with Gasteiger partial charge in [0.05, 0.1) is 29.7 Å². The predicted octanol–water partition coefficient (Wildman–Crippen LogP) is 7.40. The van der Waals surface area contributed by atoms with Crippen LogP contribution in [0.4, 0.5) is 23.3 Å². The molecule has 0 atom stereocenters. The van der Waals surface area contributed by atoms with Crippen LogP contribution < -0.4 is 22.1 Å². The zero-order valence-electron chi connectivity index (χ0n) is 34.9. The smallest absolute Gasteiger partial charge is 0.231 e. The molecule has 12 nitrogen and oxygen atoms in total. The van der Waals surface area contributed by atoms with Crippen LogP contribution >= 0.6 is 0 Å². The summed E-state index contributed by atoms with van der Waals surface area (Å²) in [7, 11) is 2.00. The van der Waals surface area contributed by atoms with Crippen molar-refractivity contribution in [2.75, 3.05) is 22.1 Å². The van der Waals surface area contributed by atoms with E-state index in [9.17, 15) is 9.59 Å². The van der Waals surface area contributed by atoms with Gasteiger partial charge in [0.2, 0.25) is 11.9 Å². The highest BCUT2D eigenvalue weighted by atomic mass is 16.2. The quantitative estimate of drug-likeness (QED) is 0.154. The van der Waals surface area contributed by atoms with E-state index in [0.717, 1.165) is 79.2 Å². The van der Waals surface area contributed by atoms with Crippen molar-refractivity contribution in [2.45, 2.75) is 81.2 Å². The number of Topliss-reactive ketones (excluding diaryl/α,β-unsaturated/α-hetero) is 1. The molecule has 1 aliphatic rings. The first-order valence-corrected chi connectivity index (χ1v) is 19.3. The molecule has 7 aromatic rings. The van der Waals surface area contributed by atoms with Crippen LogP contribution in [-0.2, 0) is 42.4 Å². The normalized spacial score (nSPS) is 11.9. The number of hydrogen-bond donors (Lipinski definition) is 3. The summed E-state index contributed by atoms with van der Waals surface area (Å²) in [5.74, 6) is 2.51. The van der Waals surface area contributed by atoms with E-state index < -0.39 is 0 Å². The van der Waals surface area contributed by atoms with Crippen molar-refractivity contribution < 1.29 is 9.59 Å². The summed E-state index contributed by atoms with van der Waals surface area (Å²) in [4.78, 5) is 46.8. The lowest BCUT2D eigenvalue weighted by Gasteiger charge is -2.18. The second-order valence-electron chi connectivity index (χ2n) is 15.3. The zero-order valence-corrected chi connectivity index (χ0v) is 34.9. The van der Waals surface area contributed by atoms with Gasteiger partial charge < -0.3 is 26.7 Å². The molecule has 0 bridgehead atoms. The van der Waals surface area contributed by atoms with Gasteiger partial charge in [0, 0.05) is 47.9 Å². The maximum absolute atomic E-state index is 12.2. The number of amides is 1. The van der Waals surface area contributed by atoms with Crippen LogP contribution in [0.2, 0.25) is 0 Å². The van der Waals surface area contributed by atoms with Crippen molar-refractivity contribution in [3.05, 3.63) is 134 Å². The predicted molar refractivity (Wildman–Crippen MR) is 234 cm³/mol. The molecule has 0 saturated carbocycles. The summed E-state index contributed by atoms with van der Waals surface area (Å²) in [6.07, 6.45) is 1.62. The molecule has 1 aliphatic heterocycles. The molecule has 4 aromatic heterocycles. The molecule has 8 rings (SSSR count). The molecule has 298 valence electrons. The number of ketones is 1. The molecule has 5 heterocycles. The second-order valence-corrected chi connectivity index (χ2v) is 15.3. The molecule has 0 saturated heterocycles. The highest BCUT2D eigenvalue weighted by Crippen LogP contribution is 2.34. The minimum Gasteiger partial charge on any atom is -0.383 e. The number of pyridine rings is 2. The number of imidazole rings is 1. The van der Waals surface area contributed by atoms with Crippen molar-refractivity contribution in [1.82, 2.24) is 29.5 Å². The van der Waals surface area contributed by atoms with E-state index >= 15 is 0 Å². The van der Waals surface area contributed by atoms with Crippen LogP contribution in [0, 0.1) is 48.5 Å². The van der Waals surface area contributed by atoms with Crippen molar-refractivity contribution in [3.63, 3.8) is 0 Å². The van der Waals surface area contributed by atoms with E-state index in [1.54, 1.807) is 11.8 Å². The van der Waals surface area contributed by atoms with Crippen LogP contribution in [0.15, 0.2) is 66.7 Å². The lowest BCUT2D eigenvalue weighted by molar-refractivity contribution is -0.117. The number of hydrogen-bond acceptors (Lipinski definition) is 10. The van der Waals surface area contributed by atoms with Gasteiger partial charge in [-0.25, -0.2) is 24.9 Å². The number of nitrogens with two attached hydrogens (primary N) is 3. The number of nitrogen functional groups attached to an aromatic ring is 3. The number of anilines is 4. The number of fused-ring (bicyclic) bond motifs is 4. The third-order valence-corrected chi connectivity index (χ3v) is 10.5. The molecular weight excluding hydrogens is 725 g/mol.